The fourth-order valence-corrected chi connectivity index (χ4v) is 3.38. The molecule has 0 fully saturated rings. The number of ether oxygens (including phenoxy) is 2. The van der Waals surface area contributed by atoms with Crippen molar-refractivity contribution in [1.29, 1.82) is 0 Å². The molecule has 0 saturated carbocycles. The van der Waals surface area contributed by atoms with E-state index in [0.717, 1.165) is 11.3 Å². The van der Waals surface area contributed by atoms with Crippen molar-refractivity contribution in [3.05, 3.63) is 70.7 Å². The molecule has 7 nitrogen and oxygen atoms in total. The molecule has 2 heterocycles. The molecule has 0 spiro atoms. The molecular formula is C22H17ClN4O3. The average molecular weight is 421 g/mol. The second-order valence-corrected chi connectivity index (χ2v) is 7.35. The topological polar surface area (TPSA) is 78.3 Å². The van der Waals surface area contributed by atoms with E-state index in [-0.39, 0.29) is 5.91 Å². The molecule has 0 bridgehead atoms. The van der Waals surface area contributed by atoms with E-state index in [2.05, 4.69) is 15.5 Å². The van der Waals surface area contributed by atoms with Crippen LogP contribution in [0.5, 0.6) is 11.5 Å². The Balaban J connectivity index is 1.40. The van der Waals surface area contributed by atoms with Crippen LogP contribution in [0.25, 0.3) is 16.7 Å². The molecule has 8 heteroatoms. The summed E-state index contributed by atoms with van der Waals surface area (Å²) in [6.07, 6.45) is 0. The number of rotatable bonds is 3. The fraction of sp³-hybridized carbons (Fsp3) is 0.136. The van der Waals surface area contributed by atoms with Crippen LogP contribution in [-0.2, 0) is 0 Å². The van der Waals surface area contributed by atoms with Crippen molar-refractivity contribution in [2.24, 2.45) is 0 Å². The van der Waals surface area contributed by atoms with E-state index in [4.69, 9.17) is 21.1 Å². The Bertz CT molecular complexity index is 1280. The first-order valence-corrected chi connectivity index (χ1v) is 9.79. The summed E-state index contributed by atoms with van der Waals surface area (Å²) in [5.41, 5.74) is 4.23. The Morgan fingerprint density at radius 1 is 0.967 bits per heavy atom. The van der Waals surface area contributed by atoms with Crippen molar-refractivity contribution in [3.63, 3.8) is 0 Å². The van der Waals surface area contributed by atoms with Crippen LogP contribution in [0.15, 0.2) is 54.6 Å². The first-order valence-electron chi connectivity index (χ1n) is 9.41. The Morgan fingerprint density at radius 3 is 2.60 bits per heavy atom. The number of halogens is 1. The number of hydrogen-bond donors (Lipinski definition) is 1. The maximum atomic E-state index is 12.7. The SMILES string of the molecule is Cc1ccc(-n2nc3ccc(NC(=O)c4ccc5c(c4)OCCO5)cc3n2)cc1Cl. The normalized spacial score (nSPS) is 12.7. The van der Waals surface area contributed by atoms with Crippen LogP contribution in [0, 0.1) is 6.92 Å². The Hall–Kier alpha value is -3.58. The van der Waals surface area contributed by atoms with E-state index in [1.165, 1.54) is 4.80 Å². The third-order valence-corrected chi connectivity index (χ3v) is 5.24. The molecule has 150 valence electrons. The van der Waals surface area contributed by atoms with Gasteiger partial charge in [-0.3, -0.25) is 4.79 Å². The van der Waals surface area contributed by atoms with E-state index in [1.807, 2.05) is 31.2 Å². The molecule has 1 N–H and O–H groups in total. The number of nitrogens with zero attached hydrogens (tertiary/aromatic N) is 3. The number of aryl methyl sites for hydroxylation is 1. The van der Waals surface area contributed by atoms with Crippen molar-refractivity contribution in [2.45, 2.75) is 6.92 Å². The van der Waals surface area contributed by atoms with Gasteiger partial charge in [-0.25, -0.2) is 0 Å². The van der Waals surface area contributed by atoms with Crippen LogP contribution >= 0.6 is 11.6 Å². The van der Waals surface area contributed by atoms with Gasteiger partial charge >= 0.3 is 0 Å². The highest BCUT2D eigenvalue weighted by Crippen LogP contribution is 2.31. The zero-order chi connectivity index (χ0) is 20.7. The summed E-state index contributed by atoms with van der Waals surface area (Å²) >= 11 is 6.21. The number of hydrogen-bond acceptors (Lipinski definition) is 5. The van der Waals surface area contributed by atoms with Crippen molar-refractivity contribution in [3.8, 4) is 17.2 Å². The minimum Gasteiger partial charge on any atom is -0.486 e. The lowest BCUT2D eigenvalue weighted by molar-refractivity contribution is 0.102. The van der Waals surface area contributed by atoms with Gasteiger partial charge < -0.3 is 14.8 Å². The number of carbonyl (C=O) groups is 1. The number of benzene rings is 3. The maximum Gasteiger partial charge on any atom is 0.255 e. The summed E-state index contributed by atoms with van der Waals surface area (Å²) < 4.78 is 11.0. The van der Waals surface area contributed by atoms with Crippen LogP contribution in [0.2, 0.25) is 5.02 Å². The molecule has 0 aliphatic carbocycles. The molecule has 1 aliphatic rings. The average Bonchev–Trinajstić information content (AvgIpc) is 3.18. The fourth-order valence-electron chi connectivity index (χ4n) is 3.20. The molecule has 0 radical (unpaired) electrons. The van der Waals surface area contributed by atoms with Gasteiger partial charge in [-0.1, -0.05) is 17.7 Å². The van der Waals surface area contributed by atoms with Gasteiger partial charge in [0.2, 0.25) is 0 Å². The molecule has 4 aromatic rings. The van der Waals surface area contributed by atoms with E-state index < -0.39 is 0 Å². The van der Waals surface area contributed by atoms with Gasteiger partial charge in [-0.05, 0) is 61.0 Å². The van der Waals surface area contributed by atoms with E-state index >= 15 is 0 Å². The van der Waals surface area contributed by atoms with Crippen LogP contribution in [-0.4, -0.2) is 34.1 Å². The molecule has 3 aromatic carbocycles. The summed E-state index contributed by atoms with van der Waals surface area (Å²) in [6, 6.07) is 16.2. The van der Waals surface area contributed by atoms with Gasteiger partial charge in [0.25, 0.3) is 5.91 Å². The highest BCUT2D eigenvalue weighted by atomic mass is 35.5. The Labute approximate surface area is 177 Å². The lowest BCUT2D eigenvalue weighted by Crippen LogP contribution is -2.17. The highest BCUT2D eigenvalue weighted by molar-refractivity contribution is 6.31. The largest absolute Gasteiger partial charge is 0.486 e. The first kappa shape index (κ1) is 18.4. The molecule has 0 saturated heterocycles. The predicted molar refractivity (Wildman–Crippen MR) is 114 cm³/mol. The van der Waals surface area contributed by atoms with Crippen LogP contribution in [0.1, 0.15) is 15.9 Å². The standard InChI is InChI=1S/C22H17ClN4O3/c1-13-2-5-16(12-17(13)23)27-25-18-6-4-15(11-19(18)26-27)24-22(28)14-3-7-20-21(10-14)30-9-8-29-20/h2-7,10-12H,8-9H2,1H3,(H,24,28). The van der Waals surface area contributed by atoms with Crippen molar-refractivity contribution in [2.75, 3.05) is 18.5 Å². The second-order valence-electron chi connectivity index (χ2n) is 6.94. The van der Waals surface area contributed by atoms with E-state index in [0.29, 0.717) is 52.0 Å². The van der Waals surface area contributed by atoms with Crippen molar-refractivity contribution >= 4 is 34.2 Å². The van der Waals surface area contributed by atoms with Crippen LogP contribution in [0.4, 0.5) is 5.69 Å². The lowest BCUT2D eigenvalue weighted by Gasteiger charge is -2.18. The number of carbonyl (C=O) groups excluding carboxylic acids is 1. The maximum absolute atomic E-state index is 12.7. The van der Waals surface area contributed by atoms with Gasteiger partial charge in [0, 0.05) is 16.3 Å². The van der Waals surface area contributed by atoms with Gasteiger partial charge in [-0.2, -0.15) is 4.80 Å². The Morgan fingerprint density at radius 2 is 1.77 bits per heavy atom. The summed E-state index contributed by atoms with van der Waals surface area (Å²) in [5.74, 6) is 0.972. The summed E-state index contributed by atoms with van der Waals surface area (Å²) in [7, 11) is 0. The smallest absolute Gasteiger partial charge is 0.255 e. The van der Waals surface area contributed by atoms with Crippen molar-refractivity contribution in [1.82, 2.24) is 15.0 Å². The summed E-state index contributed by atoms with van der Waals surface area (Å²) in [5, 5.41) is 12.5. The minimum atomic E-state index is -0.246. The lowest BCUT2D eigenvalue weighted by atomic mass is 10.1. The van der Waals surface area contributed by atoms with Gasteiger partial charge in [-0.15, -0.1) is 10.2 Å². The molecule has 5 rings (SSSR count). The molecule has 1 amide bonds. The quantitative estimate of drug-likeness (QED) is 0.531. The van der Waals surface area contributed by atoms with Gasteiger partial charge in [0.1, 0.15) is 24.2 Å². The molecule has 0 unspecified atom stereocenters. The summed E-state index contributed by atoms with van der Waals surface area (Å²) in [6.45, 7) is 2.92. The number of anilines is 1. The third-order valence-electron chi connectivity index (χ3n) is 4.83. The minimum absolute atomic E-state index is 0.246. The molecule has 1 aliphatic heterocycles. The monoisotopic (exact) mass is 420 g/mol. The zero-order valence-electron chi connectivity index (χ0n) is 16.1. The number of aromatic nitrogens is 3. The van der Waals surface area contributed by atoms with Gasteiger partial charge in [0.15, 0.2) is 11.5 Å². The first-order chi connectivity index (χ1) is 14.6. The van der Waals surface area contributed by atoms with Crippen molar-refractivity contribution < 1.29 is 14.3 Å². The number of amides is 1. The molecule has 1 aromatic heterocycles. The number of nitrogens with one attached hydrogen (secondary N) is 1. The van der Waals surface area contributed by atoms with Crippen LogP contribution < -0.4 is 14.8 Å². The van der Waals surface area contributed by atoms with E-state index in [9.17, 15) is 4.79 Å². The third kappa shape index (κ3) is 3.44. The second kappa shape index (κ2) is 7.35. The number of fused-ring (bicyclic) bond motifs is 2. The zero-order valence-corrected chi connectivity index (χ0v) is 16.8. The van der Waals surface area contributed by atoms with Crippen LogP contribution in [0.3, 0.4) is 0 Å². The molecule has 0 atom stereocenters. The van der Waals surface area contributed by atoms with Gasteiger partial charge in [0.05, 0.1) is 5.69 Å². The predicted octanol–water partition coefficient (Wildman–Crippen LogP) is 4.41. The van der Waals surface area contributed by atoms with E-state index in [1.54, 1.807) is 30.3 Å². The summed E-state index contributed by atoms with van der Waals surface area (Å²) in [4.78, 5) is 14.2. The Kier molecular flexibility index (Phi) is 4.52. The molecular weight excluding hydrogens is 404 g/mol. The highest BCUT2D eigenvalue weighted by Gasteiger charge is 2.15. The molecule has 30 heavy (non-hydrogen) atoms.